The first kappa shape index (κ1) is 19.1. The van der Waals surface area contributed by atoms with E-state index in [1.165, 1.54) is 37.4 Å². The highest BCUT2D eigenvalue weighted by molar-refractivity contribution is 7.91. The average Bonchev–Trinajstić information content (AvgIpc) is 2.60. The zero-order valence-electron chi connectivity index (χ0n) is 13.0. The van der Waals surface area contributed by atoms with E-state index >= 15 is 0 Å². The van der Waals surface area contributed by atoms with Crippen molar-refractivity contribution < 1.29 is 30.7 Å². The number of alkyl halides is 4. The van der Waals surface area contributed by atoms with E-state index in [1.807, 2.05) is 0 Å². The number of rotatable bonds is 7. The van der Waals surface area contributed by atoms with Crippen molar-refractivity contribution in [2.45, 2.75) is 24.2 Å². The van der Waals surface area contributed by atoms with Crippen LogP contribution in [0.15, 0.2) is 41.6 Å². The molecule has 0 saturated heterocycles. The van der Waals surface area contributed by atoms with Crippen LogP contribution in [-0.4, -0.2) is 43.1 Å². The number of hydrogen-bond acceptors (Lipinski definition) is 5. The second-order valence-electron chi connectivity index (χ2n) is 4.98. The molecule has 2 aromatic heterocycles. The molecule has 2 rings (SSSR count). The van der Waals surface area contributed by atoms with Gasteiger partial charge in [0.2, 0.25) is 0 Å². The molecule has 0 fully saturated rings. The van der Waals surface area contributed by atoms with Crippen molar-refractivity contribution >= 4 is 9.84 Å². The maximum atomic E-state index is 12.8. The molecular weight excluding hydrogens is 364 g/mol. The van der Waals surface area contributed by atoms with E-state index in [9.17, 15) is 26.0 Å². The molecule has 5 nitrogen and oxygen atoms in total. The summed E-state index contributed by atoms with van der Waals surface area (Å²) in [5.74, 6) is -4.56. The highest BCUT2D eigenvalue weighted by Crippen LogP contribution is 2.27. The highest BCUT2D eigenvalue weighted by atomic mass is 32.2. The molecule has 0 amide bonds. The summed E-state index contributed by atoms with van der Waals surface area (Å²) < 4.78 is 78.6. The van der Waals surface area contributed by atoms with E-state index in [0.29, 0.717) is 0 Å². The Morgan fingerprint density at radius 3 is 2.48 bits per heavy atom. The van der Waals surface area contributed by atoms with E-state index in [4.69, 9.17) is 0 Å². The van der Waals surface area contributed by atoms with Gasteiger partial charge in [0.25, 0.3) is 0 Å². The van der Waals surface area contributed by atoms with Gasteiger partial charge in [-0.1, -0.05) is 6.92 Å². The van der Waals surface area contributed by atoms with Crippen LogP contribution in [0.4, 0.5) is 17.6 Å². The predicted molar refractivity (Wildman–Crippen MR) is 81.6 cm³/mol. The molecule has 2 aromatic rings. The van der Waals surface area contributed by atoms with Crippen molar-refractivity contribution in [1.82, 2.24) is 9.97 Å². The van der Waals surface area contributed by atoms with Gasteiger partial charge in [0.15, 0.2) is 16.4 Å². The zero-order valence-corrected chi connectivity index (χ0v) is 13.8. The number of ether oxygens (including phenoxy) is 1. The first-order valence-corrected chi connectivity index (χ1v) is 8.75. The molecule has 136 valence electrons. The van der Waals surface area contributed by atoms with Crippen LogP contribution in [-0.2, 0) is 9.84 Å². The van der Waals surface area contributed by atoms with Crippen LogP contribution in [0, 0.1) is 0 Å². The summed E-state index contributed by atoms with van der Waals surface area (Å²) in [7, 11) is -3.54. The van der Waals surface area contributed by atoms with Crippen molar-refractivity contribution in [1.29, 1.82) is 0 Å². The first-order chi connectivity index (χ1) is 11.7. The fraction of sp³-hybridized carbons (Fsp3) is 0.333. The molecule has 0 unspecified atom stereocenters. The van der Waals surface area contributed by atoms with Gasteiger partial charge in [0.05, 0.1) is 22.5 Å². The minimum absolute atomic E-state index is 0.0112. The molecule has 0 bridgehead atoms. The predicted octanol–water partition coefficient (Wildman–Crippen LogP) is 3.22. The van der Waals surface area contributed by atoms with Gasteiger partial charge in [-0.2, -0.15) is 8.78 Å². The number of sulfone groups is 1. The lowest BCUT2D eigenvalue weighted by atomic mass is 10.2. The fourth-order valence-electron chi connectivity index (χ4n) is 1.84. The minimum Gasteiger partial charge on any atom is -0.485 e. The van der Waals surface area contributed by atoms with Crippen LogP contribution < -0.4 is 4.74 Å². The molecule has 0 saturated carbocycles. The standard InChI is InChI=1S/C15H14F4N2O3S/c1-2-25(22,23)12-4-3-7-20-13(12)11-6-5-10(8-21-11)24-9-15(18,19)14(16)17/h3-8,14H,2,9H2,1H3. The second-order valence-corrected chi connectivity index (χ2v) is 7.23. The first-order valence-electron chi connectivity index (χ1n) is 7.10. The molecule has 0 N–H and O–H groups in total. The fourth-order valence-corrected chi connectivity index (χ4v) is 2.89. The third kappa shape index (κ3) is 4.44. The smallest absolute Gasteiger partial charge is 0.340 e. The molecule has 0 aliphatic rings. The van der Waals surface area contributed by atoms with Gasteiger partial charge in [-0.15, -0.1) is 0 Å². The number of aromatic nitrogens is 2. The molecule has 0 radical (unpaired) electrons. The SMILES string of the molecule is CCS(=O)(=O)c1cccnc1-c1ccc(OCC(F)(F)C(F)F)cn1. The topological polar surface area (TPSA) is 69.2 Å². The largest absolute Gasteiger partial charge is 0.485 e. The lowest BCUT2D eigenvalue weighted by Gasteiger charge is -2.15. The van der Waals surface area contributed by atoms with Gasteiger partial charge in [0, 0.05) is 6.20 Å². The third-order valence-corrected chi connectivity index (χ3v) is 4.97. The van der Waals surface area contributed by atoms with Crippen LogP contribution in [0.5, 0.6) is 5.75 Å². The van der Waals surface area contributed by atoms with Gasteiger partial charge < -0.3 is 4.74 Å². The summed E-state index contributed by atoms with van der Waals surface area (Å²) in [4.78, 5) is 7.91. The van der Waals surface area contributed by atoms with Crippen molar-refractivity contribution in [3.63, 3.8) is 0 Å². The van der Waals surface area contributed by atoms with Gasteiger partial charge in [0.1, 0.15) is 11.4 Å². The number of nitrogens with zero attached hydrogens (tertiary/aromatic N) is 2. The van der Waals surface area contributed by atoms with Crippen LogP contribution >= 0.6 is 0 Å². The molecule has 2 heterocycles. The van der Waals surface area contributed by atoms with E-state index < -0.39 is 28.8 Å². The van der Waals surface area contributed by atoms with E-state index in [0.717, 1.165) is 6.20 Å². The van der Waals surface area contributed by atoms with Gasteiger partial charge in [-0.3, -0.25) is 9.97 Å². The summed E-state index contributed by atoms with van der Waals surface area (Å²) in [6, 6.07) is 5.39. The van der Waals surface area contributed by atoms with Crippen molar-refractivity contribution in [3.8, 4) is 17.1 Å². The van der Waals surface area contributed by atoms with Gasteiger partial charge in [-0.05, 0) is 24.3 Å². The van der Waals surface area contributed by atoms with E-state index in [1.54, 1.807) is 0 Å². The quantitative estimate of drug-likeness (QED) is 0.692. The molecule has 0 aromatic carbocycles. The maximum absolute atomic E-state index is 12.8. The van der Waals surface area contributed by atoms with Crippen LogP contribution in [0.2, 0.25) is 0 Å². The Morgan fingerprint density at radius 1 is 1.20 bits per heavy atom. The third-order valence-electron chi connectivity index (χ3n) is 3.22. The van der Waals surface area contributed by atoms with Crippen LogP contribution in [0.1, 0.15) is 6.92 Å². The van der Waals surface area contributed by atoms with Crippen molar-refractivity contribution in [2.75, 3.05) is 12.4 Å². The second kappa shape index (κ2) is 7.34. The molecule has 0 aliphatic heterocycles. The monoisotopic (exact) mass is 378 g/mol. The molecular formula is C15H14F4N2O3S. The lowest BCUT2D eigenvalue weighted by Crippen LogP contribution is -2.33. The Bertz CT molecular complexity index is 827. The summed E-state index contributed by atoms with van der Waals surface area (Å²) in [5.41, 5.74) is 0.286. The van der Waals surface area contributed by atoms with Crippen LogP contribution in [0.3, 0.4) is 0 Å². The van der Waals surface area contributed by atoms with Crippen molar-refractivity contribution in [2.24, 2.45) is 0 Å². The number of halogens is 4. The van der Waals surface area contributed by atoms with Gasteiger partial charge in [-0.25, -0.2) is 17.2 Å². The Kier molecular flexibility index (Phi) is 5.61. The lowest BCUT2D eigenvalue weighted by molar-refractivity contribution is -0.148. The number of hydrogen-bond donors (Lipinski definition) is 0. The molecule has 0 spiro atoms. The average molecular weight is 378 g/mol. The summed E-state index contributed by atoms with van der Waals surface area (Å²) in [6.07, 6.45) is -1.41. The Balaban J connectivity index is 2.25. The normalized spacial score (nSPS) is 12.4. The number of pyridine rings is 2. The zero-order chi connectivity index (χ0) is 18.7. The van der Waals surface area contributed by atoms with E-state index in [2.05, 4.69) is 14.7 Å². The molecule has 0 aliphatic carbocycles. The maximum Gasteiger partial charge on any atom is 0.340 e. The summed E-state index contributed by atoms with van der Waals surface area (Å²) >= 11 is 0. The summed E-state index contributed by atoms with van der Waals surface area (Å²) in [5, 5.41) is 0. The molecule has 25 heavy (non-hydrogen) atoms. The Hall–Kier alpha value is -2.23. The molecule has 0 atom stereocenters. The van der Waals surface area contributed by atoms with Crippen molar-refractivity contribution in [3.05, 3.63) is 36.7 Å². The summed E-state index contributed by atoms with van der Waals surface area (Å²) in [6.45, 7) is -0.00951. The van der Waals surface area contributed by atoms with Gasteiger partial charge >= 0.3 is 12.3 Å². The Morgan fingerprint density at radius 2 is 1.92 bits per heavy atom. The highest BCUT2D eigenvalue weighted by Gasteiger charge is 2.41. The van der Waals surface area contributed by atoms with E-state index in [-0.39, 0.29) is 27.8 Å². The minimum atomic E-state index is -4.28. The van der Waals surface area contributed by atoms with Crippen LogP contribution in [0.25, 0.3) is 11.4 Å². The Labute approximate surface area is 141 Å². The molecule has 10 heteroatoms.